The Kier molecular flexibility index (Phi) is 5.51. The van der Waals surface area contributed by atoms with Gasteiger partial charge in [0.05, 0.1) is 0 Å². The van der Waals surface area contributed by atoms with Gasteiger partial charge < -0.3 is 5.32 Å². The minimum atomic E-state index is -0.0897. The first-order chi connectivity index (χ1) is 8.81. The highest BCUT2D eigenvalue weighted by Crippen LogP contribution is 2.26. The summed E-state index contributed by atoms with van der Waals surface area (Å²) in [6.45, 7) is 3.11. The van der Waals surface area contributed by atoms with Gasteiger partial charge in [0.2, 0.25) is 0 Å². The molecule has 100 valence electrons. The Bertz CT molecular complexity index is 363. The molecule has 0 spiro atoms. The average molecular weight is 267 g/mol. The summed E-state index contributed by atoms with van der Waals surface area (Å²) in [5.41, 5.74) is 0.806. The van der Waals surface area contributed by atoms with E-state index in [4.69, 9.17) is 0 Å². The summed E-state index contributed by atoms with van der Waals surface area (Å²) >= 11 is 2.06. The lowest BCUT2D eigenvalue weighted by Gasteiger charge is -2.25. The van der Waals surface area contributed by atoms with Gasteiger partial charge in [-0.15, -0.1) is 0 Å². The van der Waals surface area contributed by atoms with E-state index < -0.39 is 0 Å². The monoisotopic (exact) mass is 267 g/mol. The van der Waals surface area contributed by atoms with E-state index in [1.54, 1.807) is 12.1 Å². The number of halogens is 1. The Hall–Kier alpha value is -0.540. The van der Waals surface area contributed by atoms with Gasteiger partial charge in [-0.3, -0.25) is 0 Å². The molecular formula is C15H22FNS. The van der Waals surface area contributed by atoms with E-state index in [1.165, 1.54) is 25.0 Å². The van der Waals surface area contributed by atoms with Crippen molar-refractivity contribution < 1.29 is 4.39 Å². The zero-order chi connectivity index (χ0) is 12.8. The van der Waals surface area contributed by atoms with Gasteiger partial charge in [0.25, 0.3) is 0 Å². The Morgan fingerprint density at radius 3 is 2.89 bits per heavy atom. The molecule has 3 heteroatoms. The van der Waals surface area contributed by atoms with Crippen molar-refractivity contribution in [1.29, 1.82) is 0 Å². The number of rotatable bonds is 5. The molecule has 1 aromatic carbocycles. The van der Waals surface area contributed by atoms with Crippen LogP contribution in [0, 0.1) is 5.82 Å². The van der Waals surface area contributed by atoms with Crippen molar-refractivity contribution in [2.24, 2.45) is 0 Å². The van der Waals surface area contributed by atoms with Crippen LogP contribution < -0.4 is 5.32 Å². The Morgan fingerprint density at radius 1 is 1.39 bits per heavy atom. The van der Waals surface area contributed by atoms with Crippen LogP contribution in [0.25, 0.3) is 0 Å². The fourth-order valence-electron chi connectivity index (χ4n) is 2.47. The van der Waals surface area contributed by atoms with Crippen molar-refractivity contribution >= 4 is 11.8 Å². The fraction of sp³-hybridized carbons (Fsp3) is 0.600. The molecule has 0 saturated carbocycles. The molecule has 1 heterocycles. The lowest BCUT2D eigenvalue weighted by molar-refractivity contribution is 0.477. The van der Waals surface area contributed by atoms with Crippen LogP contribution in [0.3, 0.4) is 0 Å². The van der Waals surface area contributed by atoms with E-state index in [1.807, 2.05) is 12.1 Å². The largest absolute Gasteiger partial charge is 0.309 e. The maximum Gasteiger partial charge on any atom is 0.127 e. The second-order valence-electron chi connectivity index (χ2n) is 4.88. The minimum Gasteiger partial charge on any atom is -0.309 e. The molecule has 0 bridgehead atoms. The lowest BCUT2D eigenvalue weighted by Crippen LogP contribution is -2.30. The number of nitrogens with one attached hydrogen (secondary N) is 1. The number of thioether (sulfide) groups is 1. The molecule has 1 nitrogen and oxygen atoms in total. The van der Waals surface area contributed by atoms with Crippen LogP contribution in [0.1, 0.15) is 44.2 Å². The lowest BCUT2D eigenvalue weighted by atomic mass is 10.0. The molecule has 0 amide bonds. The smallest absolute Gasteiger partial charge is 0.127 e. The van der Waals surface area contributed by atoms with Gasteiger partial charge in [-0.2, -0.15) is 11.8 Å². The highest BCUT2D eigenvalue weighted by molar-refractivity contribution is 7.99. The van der Waals surface area contributed by atoms with E-state index in [0.717, 1.165) is 18.5 Å². The van der Waals surface area contributed by atoms with Crippen molar-refractivity contribution in [3.05, 3.63) is 35.6 Å². The quantitative estimate of drug-likeness (QED) is 0.860. The molecule has 1 aliphatic rings. The third-order valence-electron chi connectivity index (χ3n) is 3.55. The third-order valence-corrected chi connectivity index (χ3v) is 4.95. The van der Waals surface area contributed by atoms with Crippen molar-refractivity contribution in [3.63, 3.8) is 0 Å². The molecule has 2 unspecified atom stereocenters. The maximum atomic E-state index is 13.7. The van der Waals surface area contributed by atoms with Gasteiger partial charge >= 0.3 is 0 Å². The van der Waals surface area contributed by atoms with E-state index in [0.29, 0.717) is 5.25 Å². The SMILES string of the molecule is CCC(NCC1CCCCS1)c1ccccc1F. The zero-order valence-electron chi connectivity index (χ0n) is 11.0. The summed E-state index contributed by atoms with van der Waals surface area (Å²) in [5, 5.41) is 4.24. The van der Waals surface area contributed by atoms with Gasteiger partial charge in [0, 0.05) is 23.4 Å². The Labute approximate surface area is 114 Å². The minimum absolute atomic E-state index is 0.0897. The summed E-state index contributed by atoms with van der Waals surface area (Å²) in [6.07, 6.45) is 4.92. The first-order valence-electron chi connectivity index (χ1n) is 6.90. The first-order valence-corrected chi connectivity index (χ1v) is 7.95. The van der Waals surface area contributed by atoms with Gasteiger partial charge in [0.1, 0.15) is 5.82 Å². The molecule has 1 N–H and O–H groups in total. The molecular weight excluding hydrogens is 245 g/mol. The molecule has 0 aliphatic carbocycles. The van der Waals surface area contributed by atoms with Crippen LogP contribution in [0.5, 0.6) is 0 Å². The van der Waals surface area contributed by atoms with E-state index in [2.05, 4.69) is 24.0 Å². The Balaban J connectivity index is 1.91. The van der Waals surface area contributed by atoms with Crippen molar-refractivity contribution in [2.45, 2.75) is 43.9 Å². The summed E-state index contributed by atoms with van der Waals surface area (Å²) in [5.74, 6) is 1.19. The molecule has 1 saturated heterocycles. The van der Waals surface area contributed by atoms with Gasteiger partial charge in [-0.05, 0) is 31.1 Å². The summed E-state index contributed by atoms with van der Waals surface area (Å²) in [7, 11) is 0. The van der Waals surface area contributed by atoms with Crippen molar-refractivity contribution in [1.82, 2.24) is 5.32 Å². The van der Waals surface area contributed by atoms with Crippen molar-refractivity contribution in [3.8, 4) is 0 Å². The molecule has 2 atom stereocenters. The van der Waals surface area contributed by atoms with Crippen LogP contribution in [-0.4, -0.2) is 17.5 Å². The van der Waals surface area contributed by atoms with Gasteiger partial charge in [0.15, 0.2) is 0 Å². The highest BCUT2D eigenvalue weighted by Gasteiger charge is 2.17. The standard InChI is InChI=1S/C15H22FNS/c1-2-15(13-8-3-4-9-14(13)16)17-11-12-7-5-6-10-18-12/h3-4,8-9,12,15,17H,2,5-7,10-11H2,1H3. The highest BCUT2D eigenvalue weighted by atomic mass is 32.2. The summed E-state index contributed by atoms with van der Waals surface area (Å²) < 4.78 is 13.7. The van der Waals surface area contributed by atoms with E-state index >= 15 is 0 Å². The topological polar surface area (TPSA) is 12.0 Å². The predicted octanol–water partition coefficient (Wildman–Crippen LogP) is 4.15. The predicted molar refractivity (Wildman–Crippen MR) is 77.5 cm³/mol. The van der Waals surface area contributed by atoms with Crippen LogP contribution in [0.4, 0.5) is 4.39 Å². The summed E-state index contributed by atoms with van der Waals surface area (Å²) in [4.78, 5) is 0. The van der Waals surface area contributed by atoms with E-state index in [9.17, 15) is 4.39 Å². The van der Waals surface area contributed by atoms with Crippen LogP contribution in [0.15, 0.2) is 24.3 Å². The molecule has 2 rings (SSSR count). The summed E-state index contributed by atoms with van der Waals surface area (Å²) in [6, 6.07) is 7.26. The zero-order valence-corrected chi connectivity index (χ0v) is 11.8. The number of hydrogen-bond acceptors (Lipinski definition) is 2. The Morgan fingerprint density at radius 2 is 2.22 bits per heavy atom. The molecule has 1 aromatic rings. The fourth-order valence-corrected chi connectivity index (χ4v) is 3.73. The first kappa shape index (κ1) is 13.9. The van der Waals surface area contributed by atoms with Crippen LogP contribution >= 0.6 is 11.8 Å². The van der Waals surface area contributed by atoms with E-state index in [-0.39, 0.29) is 11.9 Å². The molecule has 0 aromatic heterocycles. The van der Waals surface area contributed by atoms with Crippen molar-refractivity contribution in [2.75, 3.05) is 12.3 Å². The second-order valence-corrected chi connectivity index (χ2v) is 6.29. The van der Waals surface area contributed by atoms with Crippen LogP contribution in [-0.2, 0) is 0 Å². The molecule has 18 heavy (non-hydrogen) atoms. The third kappa shape index (κ3) is 3.72. The number of benzene rings is 1. The molecule has 1 fully saturated rings. The molecule has 0 radical (unpaired) electrons. The van der Waals surface area contributed by atoms with Crippen LogP contribution in [0.2, 0.25) is 0 Å². The van der Waals surface area contributed by atoms with Gasteiger partial charge in [-0.25, -0.2) is 4.39 Å². The maximum absolute atomic E-state index is 13.7. The number of hydrogen-bond donors (Lipinski definition) is 1. The average Bonchev–Trinajstić information content (AvgIpc) is 2.42. The molecule has 1 aliphatic heterocycles. The van der Waals surface area contributed by atoms with Gasteiger partial charge in [-0.1, -0.05) is 31.5 Å². The normalized spacial score (nSPS) is 21.8. The second kappa shape index (κ2) is 7.15.